The molecule has 0 aliphatic heterocycles. The third-order valence-corrected chi connectivity index (χ3v) is 4.36. The van der Waals surface area contributed by atoms with Crippen LogP contribution in [0, 0.1) is 17.3 Å². The molecule has 0 amide bonds. The number of esters is 1. The first-order valence-corrected chi connectivity index (χ1v) is 7.30. The monoisotopic (exact) mass is 372 g/mol. The van der Waals surface area contributed by atoms with Gasteiger partial charge in [-0.15, -0.1) is 0 Å². The van der Waals surface area contributed by atoms with Crippen LogP contribution < -0.4 is 0 Å². The Morgan fingerprint density at radius 3 is 2.54 bits per heavy atom. The maximum absolute atomic E-state index is 12.5. The van der Waals surface area contributed by atoms with Crippen molar-refractivity contribution in [3.05, 3.63) is 34.8 Å². The second kappa shape index (κ2) is 6.38. The molecule has 1 saturated carbocycles. The second-order valence-electron chi connectivity index (χ2n) is 6.05. The normalized spacial score (nSPS) is 23.5. The standard InChI is InChI=1S/C15H14ClF5O3/c1-14(2)8(5-10(16)15(19,20)21)11(14)13(22)23-6-7-3-4-9(24-7)12(17)18/h3-5,8,11-12H,6H2,1-2H3/t8-,11-/m0/s1. The van der Waals surface area contributed by atoms with Gasteiger partial charge in [0.25, 0.3) is 6.43 Å². The van der Waals surface area contributed by atoms with Gasteiger partial charge in [0.2, 0.25) is 0 Å². The molecule has 0 spiro atoms. The third kappa shape index (κ3) is 3.91. The van der Waals surface area contributed by atoms with Crippen LogP contribution in [-0.4, -0.2) is 12.1 Å². The minimum Gasteiger partial charge on any atom is -0.457 e. The Morgan fingerprint density at radius 1 is 1.42 bits per heavy atom. The van der Waals surface area contributed by atoms with Crippen LogP contribution in [0.25, 0.3) is 0 Å². The van der Waals surface area contributed by atoms with Gasteiger partial charge in [0.1, 0.15) is 17.4 Å². The molecule has 1 aliphatic carbocycles. The predicted molar refractivity (Wildman–Crippen MR) is 74.2 cm³/mol. The minimum absolute atomic E-state index is 0.0255. The van der Waals surface area contributed by atoms with E-state index in [0.29, 0.717) is 0 Å². The molecule has 1 aliphatic rings. The molecule has 0 N–H and O–H groups in total. The fourth-order valence-corrected chi connectivity index (χ4v) is 2.65. The van der Waals surface area contributed by atoms with E-state index in [1.165, 1.54) is 6.07 Å². The zero-order chi connectivity index (χ0) is 18.3. The van der Waals surface area contributed by atoms with Crippen molar-refractivity contribution in [1.29, 1.82) is 0 Å². The molecule has 0 unspecified atom stereocenters. The number of halogens is 6. The van der Waals surface area contributed by atoms with Crippen molar-refractivity contribution in [2.24, 2.45) is 17.3 Å². The van der Waals surface area contributed by atoms with Gasteiger partial charge in [0.15, 0.2) is 5.76 Å². The molecule has 2 atom stereocenters. The molecule has 1 aromatic rings. The van der Waals surface area contributed by atoms with E-state index in [1.54, 1.807) is 13.8 Å². The highest BCUT2D eigenvalue weighted by Crippen LogP contribution is 2.60. The molecule has 1 aromatic heterocycles. The molecule has 9 heteroatoms. The quantitative estimate of drug-likeness (QED) is 0.525. The zero-order valence-electron chi connectivity index (χ0n) is 12.7. The van der Waals surface area contributed by atoms with Crippen molar-refractivity contribution >= 4 is 17.6 Å². The molecule has 0 aromatic carbocycles. The van der Waals surface area contributed by atoms with Crippen molar-refractivity contribution in [3.63, 3.8) is 0 Å². The Kier molecular flexibility index (Phi) is 4.99. The van der Waals surface area contributed by atoms with E-state index in [9.17, 15) is 26.7 Å². The number of carbonyl (C=O) groups is 1. The van der Waals surface area contributed by atoms with E-state index >= 15 is 0 Å². The molecule has 0 bridgehead atoms. The molecule has 24 heavy (non-hydrogen) atoms. The smallest absolute Gasteiger partial charge is 0.426 e. The molecule has 134 valence electrons. The number of allylic oxidation sites excluding steroid dienone is 2. The first-order valence-electron chi connectivity index (χ1n) is 6.92. The van der Waals surface area contributed by atoms with Crippen LogP contribution in [0.3, 0.4) is 0 Å². The summed E-state index contributed by atoms with van der Waals surface area (Å²) >= 11 is 5.19. The highest BCUT2D eigenvalue weighted by atomic mass is 35.5. The van der Waals surface area contributed by atoms with Crippen LogP contribution in [0.4, 0.5) is 22.0 Å². The van der Waals surface area contributed by atoms with E-state index in [4.69, 9.17) is 20.8 Å². The van der Waals surface area contributed by atoms with Gasteiger partial charge in [-0.3, -0.25) is 4.79 Å². The Hall–Kier alpha value is -1.57. The Morgan fingerprint density at radius 2 is 2.04 bits per heavy atom. The summed E-state index contributed by atoms with van der Waals surface area (Å²) in [6.45, 7) is 2.85. The van der Waals surface area contributed by atoms with E-state index in [-0.39, 0.29) is 12.4 Å². The van der Waals surface area contributed by atoms with Crippen LogP contribution >= 0.6 is 11.6 Å². The Labute approximate surface area is 139 Å². The Balaban J connectivity index is 1.97. The van der Waals surface area contributed by atoms with Crippen molar-refractivity contribution in [1.82, 2.24) is 0 Å². The van der Waals surface area contributed by atoms with Crippen molar-refractivity contribution in [2.75, 3.05) is 0 Å². The van der Waals surface area contributed by atoms with Crippen molar-refractivity contribution in [3.8, 4) is 0 Å². The summed E-state index contributed by atoms with van der Waals surface area (Å²) in [5.74, 6) is -2.77. The maximum atomic E-state index is 12.5. The average Bonchev–Trinajstić information content (AvgIpc) is 2.83. The van der Waals surface area contributed by atoms with Crippen LogP contribution in [-0.2, 0) is 16.1 Å². The third-order valence-electron chi connectivity index (χ3n) is 4.02. The summed E-state index contributed by atoms with van der Waals surface area (Å²) in [6.07, 6.45) is -6.65. The van der Waals surface area contributed by atoms with Gasteiger partial charge in [-0.05, 0) is 23.5 Å². The number of alkyl halides is 5. The van der Waals surface area contributed by atoms with Gasteiger partial charge in [0.05, 0.1) is 5.92 Å². The SMILES string of the molecule is CC1(C)[C@H](C(=O)OCc2ccc(C(F)F)o2)[C@@H]1C=C(Cl)C(F)(F)F. The number of hydrogen-bond acceptors (Lipinski definition) is 3. The second-order valence-corrected chi connectivity index (χ2v) is 6.46. The molecule has 1 fully saturated rings. The lowest BCUT2D eigenvalue weighted by molar-refractivity contribution is -0.148. The van der Waals surface area contributed by atoms with E-state index in [0.717, 1.165) is 12.1 Å². The van der Waals surface area contributed by atoms with Gasteiger partial charge >= 0.3 is 12.1 Å². The summed E-state index contributed by atoms with van der Waals surface area (Å²) < 4.78 is 71.9. The van der Waals surface area contributed by atoms with E-state index in [2.05, 4.69) is 0 Å². The van der Waals surface area contributed by atoms with Crippen LogP contribution in [0.1, 0.15) is 31.8 Å². The fraction of sp³-hybridized carbons (Fsp3) is 0.533. The number of ether oxygens (including phenoxy) is 1. The highest BCUT2D eigenvalue weighted by molar-refractivity contribution is 6.30. The lowest BCUT2D eigenvalue weighted by Gasteiger charge is -2.04. The summed E-state index contributed by atoms with van der Waals surface area (Å²) in [5, 5.41) is -1.29. The van der Waals surface area contributed by atoms with Gasteiger partial charge in [-0.25, -0.2) is 8.78 Å². The minimum atomic E-state index is -4.67. The number of furan rings is 1. The maximum Gasteiger partial charge on any atom is 0.426 e. The zero-order valence-corrected chi connectivity index (χ0v) is 13.4. The topological polar surface area (TPSA) is 39.4 Å². The van der Waals surface area contributed by atoms with Crippen LogP contribution in [0.2, 0.25) is 0 Å². The van der Waals surface area contributed by atoms with Crippen LogP contribution in [0.15, 0.2) is 27.7 Å². The Bertz CT molecular complexity index is 648. The molecule has 1 heterocycles. The fourth-order valence-electron chi connectivity index (χ4n) is 2.51. The average molecular weight is 373 g/mol. The summed E-state index contributed by atoms with van der Waals surface area (Å²) in [5.41, 5.74) is -0.736. The van der Waals surface area contributed by atoms with Crippen molar-refractivity contribution < 1.29 is 35.9 Å². The van der Waals surface area contributed by atoms with Crippen LogP contribution in [0.5, 0.6) is 0 Å². The lowest BCUT2D eigenvalue weighted by Crippen LogP contribution is -2.10. The van der Waals surface area contributed by atoms with Crippen molar-refractivity contribution in [2.45, 2.75) is 33.1 Å². The first-order chi connectivity index (χ1) is 10.9. The van der Waals surface area contributed by atoms with E-state index < -0.39 is 46.6 Å². The lowest BCUT2D eigenvalue weighted by atomic mass is 10.1. The highest BCUT2D eigenvalue weighted by Gasteiger charge is 2.62. The van der Waals surface area contributed by atoms with Gasteiger partial charge in [-0.1, -0.05) is 31.5 Å². The van der Waals surface area contributed by atoms with Gasteiger partial charge in [0, 0.05) is 0 Å². The molecule has 2 rings (SSSR count). The molecule has 0 saturated heterocycles. The molecule has 3 nitrogen and oxygen atoms in total. The summed E-state index contributed by atoms with van der Waals surface area (Å²) in [6, 6.07) is 2.30. The number of hydrogen-bond donors (Lipinski definition) is 0. The number of rotatable bonds is 5. The summed E-state index contributed by atoms with van der Waals surface area (Å²) in [7, 11) is 0. The van der Waals surface area contributed by atoms with Gasteiger partial charge < -0.3 is 9.15 Å². The molecule has 0 radical (unpaired) electrons. The predicted octanol–water partition coefficient (Wildman–Crippen LogP) is 5.22. The largest absolute Gasteiger partial charge is 0.457 e. The first kappa shape index (κ1) is 18.8. The number of carbonyl (C=O) groups excluding carboxylic acids is 1. The summed E-state index contributed by atoms with van der Waals surface area (Å²) in [4.78, 5) is 12.0. The molecular formula is C15H14ClF5O3. The van der Waals surface area contributed by atoms with Gasteiger partial charge in [-0.2, -0.15) is 13.2 Å². The molecular weight excluding hydrogens is 359 g/mol. The van der Waals surface area contributed by atoms with E-state index in [1.807, 2.05) is 0 Å².